The molecule has 0 spiro atoms. The van der Waals surface area contributed by atoms with Crippen molar-refractivity contribution >= 4 is 43.0 Å². The molecule has 0 unspecified atom stereocenters. The summed E-state index contributed by atoms with van der Waals surface area (Å²) in [4.78, 5) is 12.1. The number of thiophene rings is 1. The fourth-order valence-electron chi connectivity index (χ4n) is 2.20. The van der Waals surface area contributed by atoms with E-state index < -0.39 is 0 Å². The van der Waals surface area contributed by atoms with E-state index in [-0.39, 0.29) is 11.5 Å². The van der Waals surface area contributed by atoms with Crippen LogP contribution in [-0.4, -0.2) is 11.5 Å². The van der Waals surface area contributed by atoms with E-state index in [1.165, 1.54) is 14.8 Å². The second-order valence-corrected chi connectivity index (χ2v) is 5.55. The summed E-state index contributed by atoms with van der Waals surface area (Å²) in [6.07, 6.45) is 0.473. The molecule has 19 heavy (non-hydrogen) atoms. The van der Waals surface area contributed by atoms with Crippen molar-refractivity contribution in [2.45, 2.75) is 13.3 Å². The summed E-state index contributed by atoms with van der Waals surface area (Å²) < 4.78 is 2.41. The third kappa shape index (κ3) is 1.96. The monoisotopic (exact) mass is 267 g/mol. The Balaban J connectivity index is 2.22. The quantitative estimate of drug-likeness (QED) is 0.544. The van der Waals surface area contributed by atoms with Crippen molar-refractivity contribution in [3.63, 3.8) is 0 Å². The van der Waals surface area contributed by atoms with Crippen molar-refractivity contribution < 1.29 is 4.79 Å². The lowest BCUT2D eigenvalue weighted by Crippen LogP contribution is -2.11. The highest BCUT2D eigenvalue weighted by atomic mass is 32.1. The first kappa shape index (κ1) is 12.1. The van der Waals surface area contributed by atoms with Gasteiger partial charge < -0.3 is 5.41 Å². The Kier molecular flexibility index (Phi) is 2.91. The molecule has 3 rings (SSSR count). The minimum absolute atomic E-state index is 0.166. The molecule has 0 bridgehead atoms. The molecule has 94 valence electrons. The Labute approximate surface area is 115 Å². The molecule has 2 aromatic carbocycles. The number of hydrogen-bond acceptors (Lipinski definition) is 3. The number of fused-ring (bicyclic) bond motifs is 3. The van der Waals surface area contributed by atoms with Crippen molar-refractivity contribution in [2.75, 3.05) is 0 Å². The molecule has 1 aromatic heterocycles. The van der Waals surface area contributed by atoms with Crippen molar-refractivity contribution in [1.29, 1.82) is 5.41 Å². The minimum atomic E-state index is -0.167. The summed E-state index contributed by atoms with van der Waals surface area (Å²) in [5.41, 5.74) is 0.779. The third-order valence-electron chi connectivity index (χ3n) is 3.27. The van der Waals surface area contributed by atoms with Gasteiger partial charge in [0.2, 0.25) is 5.78 Å². The molecule has 3 aromatic rings. The number of ketones is 1. The average Bonchev–Trinajstić information content (AvgIpc) is 2.83. The van der Waals surface area contributed by atoms with Crippen LogP contribution in [0.4, 0.5) is 0 Å². The van der Waals surface area contributed by atoms with Crippen LogP contribution >= 0.6 is 11.3 Å². The first-order chi connectivity index (χ1) is 9.20. The van der Waals surface area contributed by atoms with Gasteiger partial charge in [-0.15, -0.1) is 11.3 Å². The number of benzene rings is 2. The lowest BCUT2D eigenvalue weighted by atomic mass is 10.0. The predicted molar refractivity (Wildman–Crippen MR) is 81.7 cm³/mol. The maximum absolute atomic E-state index is 12.1. The lowest BCUT2D eigenvalue weighted by Gasteiger charge is -2.01. The molecule has 0 aliphatic carbocycles. The first-order valence-electron chi connectivity index (χ1n) is 6.24. The Bertz CT molecular complexity index is 801. The Morgan fingerprint density at radius 2 is 1.84 bits per heavy atom. The summed E-state index contributed by atoms with van der Waals surface area (Å²) in [7, 11) is 0. The lowest BCUT2D eigenvalue weighted by molar-refractivity contribution is 0.106. The van der Waals surface area contributed by atoms with E-state index >= 15 is 0 Å². The van der Waals surface area contributed by atoms with E-state index in [1.807, 2.05) is 37.3 Å². The highest BCUT2D eigenvalue weighted by molar-refractivity contribution is 7.25. The van der Waals surface area contributed by atoms with Crippen LogP contribution < -0.4 is 0 Å². The second kappa shape index (κ2) is 4.59. The van der Waals surface area contributed by atoms with Gasteiger partial charge in [0.25, 0.3) is 0 Å². The van der Waals surface area contributed by atoms with Crippen LogP contribution in [0.2, 0.25) is 0 Å². The van der Waals surface area contributed by atoms with Crippen molar-refractivity contribution in [1.82, 2.24) is 0 Å². The average molecular weight is 267 g/mol. The van der Waals surface area contributed by atoms with Crippen LogP contribution in [0.1, 0.15) is 23.7 Å². The number of carbonyl (C=O) groups is 1. The number of hydrogen-bond donors (Lipinski definition) is 1. The van der Waals surface area contributed by atoms with Crippen LogP contribution in [0.15, 0.2) is 42.5 Å². The summed E-state index contributed by atoms with van der Waals surface area (Å²) in [6.45, 7) is 1.83. The molecular weight excluding hydrogens is 254 g/mol. The number of nitrogens with one attached hydrogen (secondary N) is 1. The number of Topliss-reactive ketones (excluding diaryl/α,β-unsaturated/α-hetero) is 1. The minimum Gasteiger partial charge on any atom is -0.301 e. The van der Waals surface area contributed by atoms with Crippen molar-refractivity contribution in [3.8, 4) is 0 Å². The largest absolute Gasteiger partial charge is 0.301 e. The van der Waals surface area contributed by atoms with E-state index in [0.717, 1.165) is 5.39 Å². The van der Waals surface area contributed by atoms with Gasteiger partial charge in [0.1, 0.15) is 0 Å². The zero-order valence-electron chi connectivity index (χ0n) is 10.6. The van der Waals surface area contributed by atoms with Gasteiger partial charge in [-0.2, -0.15) is 0 Å². The van der Waals surface area contributed by atoms with Gasteiger partial charge in [-0.25, -0.2) is 0 Å². The highest BCUT2D eigenvalue weighted by Crippen LogP contribution is 2.34. The second-order valence-electron chi connectivity index (χ2n) is 4.47. The van der Waals surface area contributed by atoms with Gasteiger partial charge in [0.05, 0.1) is 5.71 Å². The summed E-state index contributed by atoms with van der Waals surface area (Å²) in [5.74, 6) is -0.167. The van der Waals surface area contributed by atoms with Crippen molar-refractivity contribution in [2.24, 2.45) is 0 Å². The van der Waals surface area contributed by atoms with Gasteiger partial charge in [-0.3, -0.25) is 4.79 Å². The highest BCUT2D eigenvalue weighted by Gasteiger charge is 2.12. The molecular formula is C16H13NOS. The smallest absolute Gasteiger partial charge is 0.206 e. The Morgan fingerprint density at radius 3 is 2.63 bits per heavy atom. The molecule has 0 saturated carbocycles. The standard InChI is InChI=1S/C16H13NOS/c1-2-13(17)16(18)10-7-8-15-12(9-10)11-5-3-4-6-14(11)19-15/h3-9,17H,2H2,1H3. The summed E-state index contributed by atoms with van der Waals surface area (Å²) >= 11 is 1.73. The van der Waals surface area contributed by atoms with Gasteiger partial charge >= 0.3 is 0 Å². The van der Waals surface area contributed by atoms with E-state index in [9.17, 15) is 4.79 Å². The van der Waals surface area contributed by atoms with Crippen LogP contribution in [0.25, 0.3) is 20.2 Å². The molecule has 0 aliphatic heterocycles. The maximum Gasteiger partial charge on any atom is 0.206 e. The molecule has 3 heteroatoms. The summed E-state index contributed by atoms with van der Waals surface area (Å²) in [5, 5.41) is 9.96. The molecule has 0 atom stereocenters. The third-order valence-corrected chi connectivity index (χ3v) is 4.42. The van der Waals surface area contributed by atoms with Gasteiger partial charge in [0.15, 0.2) is 0 Å². The van der Waals surface area contributed by atoms with E-state index in [2.05, 4.69) is 12.1 Å². The molecule has 0 aliphatic rings. The van der Waals surface area contributed by atoms with Crippen LogP contribution in [0.5, 0.6) is 0 Å². The fourth-order valence-corrected chi connectivity index (χ4v) is 3.29. The van der Waals surface area contributed by atoms with Gasteiger partial charge in [0, 0.05) is 25.7 Å². The molecule has 0 fully saturated rings. The Morgan fingerprint density at radius 1 is 1.11 bits per heavy atom. The van der Waals surface area contributed by atoms with Crippen LogP contribution in [0.3, 0.4) is 0 Å². The van der Waals surface area contributed by atoms with E-state index in [4.69, 9.17) is 5.41 Å². The zero-order valence-corrected chi connectivity index (χ0v) is 11.4. The first-order valence-corrected chi connectivity index (χ1v) is 7.05. The molecule has 0 saturated heterocycles. The Hall–Kier alpha value is -2.00. The van der Waals surface area contributed by atoms with Crippen molar-refractivity contribution in [3.05, 3.63) is 48.0 Å². The molecule has 1 N–H and O–H groups in total. The van der Waals surface area contributed by atoms with Gasteiger partial charge in [-0.1, -0.05) is 25.1 Å². The summed E-state index contributed by atoms with van der Waals surface area (Å²) in [6, 6.07) is 13.9. The topological polar surface area (TPSA) is 40.9 Å². The van der Waals surface area contributed by atoms with Crippen LogP contribution in [0, 0.1) is 5.41 Å². The SMILES string of the molecule is CCC(=N)C(=O)c1ccc2sc3ccccc3c2c1. The van der Waals surface area contributed by atoms with Gasteiger partial charge in [-0.05, 0) is 30.7 Å². The maximum atomic E-state index is 12.1. The predicted octanol–water partition coefficient (Wildman–Crippen LogP) is 4.67. The number of rotatable bonds is 3. The van der Waals surface area contributed by atoms with E-state index in [0.29, 0.717) is 12.0 Å². The van der Waals surface area contributed by atoms with Crippen LogP contribution in [-0.2, 0) is 0 Å². The number of carbonyl (C=O) groups excluding carboxylic acids is 1. The molecule has 2 nitrogen and oxygen atoms in total. The molecule has 1 heterocycles. The zero-order chi connectivity index (χ0) is 13.4. The molecule has 0 amide bonds. The van der Waals surface area contributed by atoms with E-state index in [1.54, 1.807) is 11.3 Å². The molecule has 0 radical (unpaired) electrons. The normalized spacial score (nSPS) is 11.0. The fraction of sp³-hybridized carbons (Fsp3) is 0.125.